The van der Waals surface area contributed by atoms with Gasteiger partial charge in [0.2, 0.25) is 0 Å². The van der Waals surface area contributed by atoms with Crippen LogP contribution in [0.3, 0.4) is 0 Å². The third-order valence-electron chi connectivity index (χ3n) is 2.65. The van der Waals surface area contributed by atoms with Crippen molar-refractivity contribution in [3.8, 4) is 5.69 Å². The van der Waals surface area contributed by atoms with Gasteiger partial charge in [-0.3, -0.25) is 10.1 Å². The van der Waals surface area contributed by atoms with E-state index in [2.05, 4.69) is 21.0 Å². The van der Waals surface area contributed by atoms with E-state index in [1.807, 2.05) is 0 Å². The van der Waals surface area contributed by atoms with Crippen LogP contribution in [0.5, 0.6) is 0 Å². The molecule has 0 aliphatic carbocycles. The fourth-order valence-corrected chi connectivity index (χ4v) is 2.11. The fraction of sp³-hybridized carbons (Fsp3) is 0.182. The maximum absolute atomic E-state index is 13.3. The zero-order chi connectivity index (χ0) is 14.3. The second kappa shape index (κ2) is 4.90. The Morgan fingerprint density at radius 3 is 2.58 bits per heavy atom. The van der Waals surface area contributed by atoms with Crippen molar-refractivity contribution in [2.24, 2.45) is 0 Å². The summed E-state index contributed by atoms with van der Waals surface area (Å²) in [5.41, 5.74) is 1.08. The summed E-state index contributed by atoms with van der Waals surface area (Å²) in [6.45, 7) is 3.50. The van der Waals surface area contributed by atoms with Crippen LogP contribution in [0.1, 0.15) is 11.4 Å². The number of aromatic nitrogens is 2. The maximum Gasteiger partial charge on any atom is 0.297 e. The Labute approximate surface area is 121 Å². The van der Waals surface area contributed by atoms with Gasteiger partial charge in [-0.2, -0.15) is 5.10 Å². The van der Waals surface area contributed by atoms with Crippen LogP contribution in [0, 0.1) is 29.8 Å². The minimum Gasteiger partial charge on any atom is -0.258 e. The molecule has 0 radical (unpaired) electrons. The Balaban J connectivity index is 2.77. The van der Waals surface area contributed by atoms with Crippen molar-refractivity contribution in [3.63, 3.8) is 0 Å². The summed E-state index contributed by atoms with van der Waals surface area (Å²) in [5, 5.41) is 15.0. The molecule has 2 aromatic rings. The summed E-state index contributed by atoms with van der Waals surface area (Å²) < 4.78 is 15.4. The third kappa shape index (κ3) is 2.35. The van der Waals surface area contributed by atoms with Crippen LogP contribution in [0.4, 0.5) is 10.1 Å². The van der Waals surface area contributed by atoms with E-state index in [9.17, 15) is 14.5 Å². The molecule has 1 heterocycles. The molecular weight excluding hydrogens is 340 g/mol. The smallest absolute Gasteiger partial charge is 0.258 e. The van der Waals surface area contributed by atoms with E-state index in [-0.39, 0.29) is 16.4 Å². The van der Waals surface area contributed by atoms with Crippen molar-refractivity contribution in [1.82, 2.24) is 9.78 Å². The Morgan fingerprint density at radius 2 is 2.11 bits per heavy atom. The lowest BCUT2D eigenvalue weighted by Gasteiger charge is -2.06. The summed E-state index contributed by atoms with van der Waals surface area (Å²) >= 11 is 9.02. The molecule has 0 aliphatic rings. The first-order chi connectivity index (χ1) is 8.82. The highest BCUT2D eigenvalue weighted by Gasteiger charge is 2.22. The number of benzene rings is 1. The quantitative estimate of drug-likeness (QED) is 0.610. The van der Waals surface area contributed by atoms with E-state index in [0.29, 0.717) is 11.4 Å². The molecule has 0 saturated carbocycles. The number of hydrogen-bond donors (Lipinski definition) is 0. The lowest BCUT2D eigenvalue weighted by Crippen LogP contribution is -2.04. The van der Waals surface area contributed by atoms with Gasteiger partial charge in [0.15, 0.2) is 0 Å². The molecule has 0 spiro atoms. The van der Waals surface area contributed by atoms with Gasteiger partial charge in [0.1, 0.15) is 11.5 Å². The molecule has 100 valence electrons. The summed E-state index contributed by atoms with van der Waals surface area (Å²) in [6.07, 6.45) is 0. The normalized spacial score (nSPS) is 10.8. The maximum atomic E-state index is 13.3. The van der Waals surface area contributed by atoms with Crippen LogP contribution >= 0.6 is 27.5 Å². The molecule has 0 fully saturated rings. The first-order valence-electron chi connectivity index (χ1n) is 5.18. The minimum atomic E-state index is -0.835. The molecule has 1 aromatic carbocycles. The minimum absolute atomic E-state index is 0.128. The highest BCUT2D eigenvalue weighted by atomic mass is 79.9. The highest BCUT2D eigenvalue weighted by molar-refractivity contribution is 9.10. The standard InChI is InChI=1S/C11H8BrClFN3O2/c1-5-11(12)6(2)16(15-5)9-3-7(13)8(14)4-10(9)17(18)19/h3-4H,1-2H3. The molecule has 0 aliphatic heterocycles. The highest BCUT2D eigenvalue weighted by Crippen LogP contribution is 2.31. The first kappa shape index (κ1) is 14.0. The number of nitrogens with zero attached hydrogens (tertiary/aromatic N) is 3. The van der Waals surface area contributed by atoms with Gasteiger partial charge in [0, 0.05) is 0 Å². The van der Waals surface area contributed by atoms with Gasteiger partial charge >= 0.3 is 0 Å². The van der Waals surface area contributed by atoms with Crippen LogP contribution in [0.25, 0.3) is 5.69 Å². The van der Waals surface area contributed by atoms with Gasteiger partial charge < -0.3 is 0 Å². The molecule has 0 N–H and O–H groups in total. The van der Waals surface area contributed by atoms with Gasteiger partial charge in [-0.25, -0.2) is 9.07 Å². The van der Waals surface area contributed by atoms with Gasteiger partial charge in [0.05, 0.1) is 31.9 Å². The lowest BCUT2D eigenvalue weighted by atomic mass is 10.2. The number of nitro benzene ring substituents is 1. The van der Waals surface area contributed by atoms with Gasteiger partial charge in [-0.05, 0) is 35.8 Å². The Hall–Kier alpha value is -1.47. The van der Waals surface area contributed by atoms with Crippen molar-refractivity contribution in [3.05, 3.63) is 48.9 Å². The van der Waals surface area contributed by atoms with Crippen molar-refractivity contribution >= 4 is 33.2 Å². The zero-order valence-corrected chi connectivity index (χ0v) is 12.3. The Bertz CT molecular complexity index is 687. The average Bonchev–Trinajstić information content (AvgIpc) is 2.59. The molecule has 19 heavy (non-hydrogen) atoms. The predicted octanol–water partition coefficient (Wildman–Crippen LogP) is 3.95. The molecule has 0 saturated heterocycles. The van der Waals surface area contributed by atoms with E-state index >= 15 is 0 Å². The van der Waals surface area contributed by atoms with Crippen LogP contribution < -0.4 is 0 Å². The molecule has 0 amide bonds. The number of hydrogen-bond acceptors (Lipinski definition) is 3. The topological polar surface area (TPSA) is 61.0 Å². The van der Waals surface area contributed by atoms with Gasteiger partial charge in [-0.1, -0.05) is 11.6 Å². The average molecular weight is 349 g/mol. The van der Waals surface area contributed by atoms with Crippen LogP contribution in [-0.2, 0) is 0 Å². The van der Waals surface area contributed by atoms with Crippen molar-refractivity contribution in [2.45, 2.75) is 13.8 Å². The largest absolute Gasteiger partial charge is 0.297 e. The summed E-state index contributed by atoms with van der Waals surface area (Å²) in [4.78, 5) is 10.3. The van der Waals surface area contributed by atoms with Crippen molar-refractivity contribution < 1.29 is 9.31 Å². The van der Waals surface area contributed by atoms with E-state index < -0.39 is 10.7 Å². The molecule has 0 unspecified atom stereocenters. The van der Waals surface area contributed by atoms with Crippen molar-refractivity contribution in [1.29, 1.82) is 0 Å². The first-order valence-corrected chi connectivity index (χ1v) is 6.35. The van der Waals surface area contributed by atoms with Crippen LogP contribution in [0.2, 0.25) is 5.02 Å². The number of rotatable bonds is 2. The Kier molecular flexibility index (Phi) is 3.60. The summed E-state index contributed by atoms with van der Waals surface area (Å²) in [7, 11) is 0. The molecule has 5 nitrogen and oxygen atoms in total. The zero-order valence-electron chi connectivity index (χ0n) is 9.95. The number of nitro groups is 1. The van der Waals surface area contributed by atoms with Gasteiger partial charge in [0.25, 0.3) is 5.69 Å². The SMILES string of the molecule is Cc1nn(-c2cc(Cl)c(F)cc2[N+](=O)[O-])c(C)c1Br. The number of aryl methyl sites for hydroxylation is 1. The van der Waals surface area contributed by atoms with E-state index in [1.165, 1.54) is 10.7 Å². The van der Waals surface area contributed by atoms with Gasteiger partial charge in [-0.15, -0.1) is 0 Å². The van der Waals surface area contributed by atoms with E-state index in [4.69, 9.17) is 11.6 Å². The molecule has 8 heteroatoms. The fourth-order valence-electron chi connectivity index (χ4n) is 1.70. The molecular formula is C11H8BrClFN3O2. The van der Waals surface area contributed by atoms with E-state index in [1.54, 1.807) is 13.8 Å². The second-order valence-electron chi connectivity index (χ2n) is 3.91. The summed E-state index contributed by atoms with van der Waals surface area (Å²) in [6, 6.07) is 1.99. The molecule has 0 bridgehead atoms. The molecule has 2 rings (SSSR count). The summed E-state index contributed by atoms with van der Waals surface area (Å²) in [5.74, 6) is -0.835. The Morgan fingerprint density at radius 1 is 1.47 bits per heavy atom. The third-order valence-corrected chi connectivity index (χ3v) is 4.08. The van der Waals surface area contributed by atoms with Crippen LogP contribution in [0.15, 0.2) is 16.6 Å². The predicted molar refractivity (Wildman–Crippen MR) is 72.4 cm³/mol. The molecule has 0 atom stereocenters. The molecule has 1 aromatic heterocycles. The second-order valence-corrected chi connectivity index (χ2v) is 5.11. The van der Waals surface area contributed by atoms with Crippen molar-refractivity contribution in [2.75, 3.05) is 0 Å². The monoisotopic (exact) mass is 347 g/mol. The number of halogens is 3. The lowest BCUT2D eigenvalue weighted by molar-refractivity contribution is -0.384. The van der Waals surface area contributed by atoms with Crippen LogP contribution in [-0.4, -0.2) is 14.7 Å². The van der Waals surface area contributed by atoms with E-state index in [0.717, 1.165) is 10.5 Å².